The van der Waals surface area contributed by atoms with Gasteiger partial charge in [-0.1, -0.05) is 11.8 Å². The van der Waals surface area contributed by atoms with E-state index >= 15 is 0 Å². The number of rotatable bonds is 4. The van der Waals surface area contributed by atoms with Crippen LogP contribution in [0.1, 0.15) is 16.1 Å². The lowest BCUT2D eigenvalue weighted by Gasteiger charge is -2.12. The number of hydrogen-bond donors (Lipinski definition) is 1. The van der Waals surface area contributed by atoms with E-state index in [2.05, 4.69) is 10.3 Å². The maximum Gasteiger partial charge on any atom is 0.288 e. The molecule has 1 aliphatic rings. The molecule has 0 atom stereocenters. The molecule has 0 unspecified atom stereocenters. The number of carbonyl (C=O) groups is 3. The molecule has 3 rings (SSSR count). The van der Waals surface area contributed by atoms with Crippen molar-refractivity contribution >= 4 is 34.5 Å². The molecule has 1 fully saturated rings. The van der Waals surface area contributed by atoms with E-state index < -0.39 is 0 Å². The summed E-state index contributed by atoms with van der Waals surface area (Å²) >= 11 is 0.982. The second kappa shape index (κ2) is 5.80. The molecule has 1 N–H and O–H groups in total. The molecule has 0 saturated carbocycles. The van der Waals surface area contributed by atoms with E-state index in [1.807, 2.05) is 25.3 Å². The van der Waals surface area contributed by atoms with Gasteiger partial charge in [0, 0.05) is 25.5 Å². The van der Waals surface area contributed by atoms with Gasteiger partial charge in [-0.15, -0.1) is 0 Å². The van der Waals surface area contributed by atoms with Crippen LogP contribution in [0.3, 0.4) is 0 Å². The van der Waals surface area contributed by atoms with Crippen molar-refractivity contribution in [3.05, 3.63) is 35.8 Å². The lowest BCUT2D eigenvalue weighted by molar-refractivity contribution is -0.124. The number of aryl methyl sites for hydroxylation is 1. The zero-order valence-corrected chi connectivity index (χ0v) is 12.7. The van der Waals surface area contributed by atoms with Crippen LogP contribution in [0.5, 0.6) is 0 Å². The van der Waals surface area contributed by atoms with Gasteiger partial charge >= 0.3 is 0 Å². The number of pyridine rings is 1. The largest absolute Gasteiger partial charge is 0.349 e. The van der Waals surface area contributed by atoms with Crippen LogP contribution in [0.15, 0.2) is 24.5 Å². The fourth-order valence-electron chi connectivity index (χ4n) is 2.16. The molecule has 0 spiro atoms. The summed E-state index contributed by atoms with van der Waals surface area (Å²) in [5.74, 6) is -0.362. The first-order valence-corrected chi connectivity index (χ1v) is 7.74. The Morgan fingerprint density at radius 3 is 3.00 bits per heavy atom. The average Bonchev–Trinajstić information content (AvgIpc) is 3.04. The first-order valence-electron chi connectivity index (χ1n) is 6.75. The molecule has 0 bridgehead atoms. The predicted molar refractivity (Wildman–Crippen MR) is 81.8 cm³/mol. The summed E-state index contributed by atoms with van der Waals surface area (Å²) in [5, 5.41) is 2.41. The normalized spacial score (nSPS) is 14.9. The number of nitrogens with zero attached hydrogens (tertiary/aromatic N) is 3. The summed E-state index contributed by atoms with van der Waals surface area (Å²) in [6.07, 6.45) is 3.49. The minimum absolute atomic E-state index is 0.179. The zero-order chi connectivity index (χ0) is 15.7. The summed E-state index contributed by atoms with van der Waals surface area (Å²) in [7, 11) is 0. The number of hydrogen-bond acceptors (Lipinski definition) is 5. The Balaban J connectivity index is 1.61. The van der Waals surface area contributed by atoms with Crippen molar-refractivity contribution in [1.82, 2.24) is 19.6 Å². The number of amides is 3. The quantitative estimate of drug-likeness (QED) is 0.911. The van der Waals surface area contributed by atoms with Crippen LogP contribution in [0, 0.1) is 6.92 Å². The maximum atomic E-state index is 12.1. The standard InChI is InChI=1S/C14H14N4O3S/c1-9-2-4-17-7-10(16-11(17)6-9)13(20)15-3-5-18-12(19)8-22-14(18)21/h2,4,6-7H,3,5,8H2,1H3,(H,15,20). The summed E-state index contributed by atoms with van der Waals surface area (Å²) in [6.45, 7) is 2.35. The van der Waals surface area contributed by atoms with Gasteiger partial charge in [0.1, 0.15) is 11.3 Å². The number of imide groups is 1. The van der Waals surface area contributed by atoms with Crippen LogP contribution in [-0.2, 0) is 4.79 Å². The van der Waals surface area contributed by atoms with Gasteiger partial charge < -0.3 is 9.72 Å². The van der Waals surface area contributed by atoms with E-state index in [1.54, 1.807) is 10.6 Å². The van der Waals surface area contributed by atoms with Gasteiger partial charge in [0.15, 0.2) is 0 Å². The van der Waals surface area contributed by atoms with E-state index in [0.29, 0.717) is 11.3 Å². The predicted octanol–water partition coefficient (Wildman–Crippen LogP) is 1.07. The Bertz CT molecular complexity index is 755. The molecule has 0 aromatic carbocycles. The minimum Gasteiger partial charge on any atom is -0.349 e. The molecular weight excluding hydrogens is 304 g/mol. The molecule has 2 aromatic rings. The van der Waals surface area contributed by atoms with Crippen LogP contribution in [0.2, 0.25) is 0 Å². The highest BCUT2D eigenvalue weighted by Crippen LogP contribution is 2.17. The highest BCUT2D eigenvalue weighted by atomic mass is 32.2. The molecule has 114 valence electrons. The molecule has 0 aliphatic carbocycles. The second-order valence-electron chi connectivity index (χ2n) is 4.95. The summed E-state index contributed by atoms with van der Waals surface area (Å²) in [6, 6.07) is 3.81. The van der Waals surface area contributed by atoms with Gasteiger partial charge in [0.05, 0.1) is 5.75 Å². The van der Waals surface area contributed by atoms with Crippen molar-refractivity contribution in [1.29, 1.82) is 0 Å². The third kappa shape index (κ3) is 2.82. The number of carbonyl (C=O) groups excluding carboxylic acids is 3. The lowest BCUT2D eigenvalue weighted by Crippen LogP contribution is -2.37. The van der Waals surface area contributed by atoms with Gasteiger partial charge in [-0.25, -0.2) is 4.98 Å². The highest BCUT2D eigenvalue weighted by molar-refractivity contribution is 8.14. The number of fused-ring (bicyclic) bond motifs is 1. The smallest absolute Gasteiger partial charge is 0.288 e. The lowest BCUT2D eigenvalue weighted by atomic mass is 10.3. The van der Waals surface area contributed by atoms with Crippen molar-refractivity contribution in [3.8, 4) is 0 Å². The summed E-state index contributed by atoms with van der Waals surface area (Å²) < 4.78 is 1.77. The molecule has 3 heterocycles. The van der Waals surface area contributed by atoms with E-state index in [-0.39, 0.29) is 35.9 Å². The summed E-state index contributed by atoms with van der Waals surface area (Å²) in [5.41, 5.74) is 2.07. The molecule has 0 radical (unpaired) electrons. The van der Waals surface area contributed by atoms with E-state index in [0.717, 1.165) is 22.2 Å². The van der Waals surface area contributed by atoms with Crippen molar-refractivity contribution in [3.63, 3.8) is 0 Å². The monoisotopic (exact) mass is 318 g/mol. The van der Waals surface area contributed by atoms with Gasteiger partial charge in [0.2, 0.25) is 5.91 Å². The number of nitrogens with one attached hydrogen (secondary N) is 1. The third-order valence-electron chi connectivity index (χ3n) is 3.31. The number of thioether (sulfide) groups is 1. The molecular formula is C14H14N4O3S. The Hall–Kier alpha value is -2.35. The fourth-order valence-corrected chi connectivity index (χ4v) is 2.91. The first-order chi connectivity index (χ1) is 10.5. The molecule has 7 nitrogen and oxygen atoms in total. The van der Waals surface area contributed by atoms with Crippen LogP contribution in [0.4, 0.5) is 4.79 Å². The van der Waals surface area contributed by atoms with Crippen LogP contribution in [-0.4, -0.2) is 50.2 Å². The Morgan fingerprint density at radius 2 is 2.27 bits per heavy atom. The van der Waals surface area contributed by atoms with Crippen molar-refractivity contribution < 1.29 is 14.4 Å². The van der Waals surface area contributed by atoms with Gasteiger partial charge in [-0.2, -0.15) is 0 Å². The maximum absolute atomic E-state index is 12.1. The van der Waals surface area contributed by atoms with Crippen molar-refractivity contribution in [2.75, 3.05) is 18.8 Å². The van der Waals surface area contributed by atoms with Crippen LogP contribution >= 0.6 is 11.8 Å². The van der Waals surface area contributed by atoms with Crippen molar-refractivity contribution in [2.45, 2.75) is 6.92 Å². The van der Waals surface area contributed by atoms with E-state index in [4.69, 9.17) is 0 Å². The number of aromatic nitrogens is 2. The molecule has 1 aliphatic heterocycles. The molecule has 2 aromatic heterocycles. The molecule has 1 saturated heterocycles. The van der Waals surface area contributed by atoms with E-state index in [9.17, 15) is 14.4 Å². The third-order valence-corrected chi connectivity index (χ3v) is 4.17. The topological polar surface area (TPSA) is 83.8 Å². The van der Waals surface area contributed by atoms with Gasteiger partial charge in [0.25, 0.3) is 11.1 Å². The number of imidazole rings is 1. The van der Waals surface area contributed by atoms with Gasteiger partial charge in [-0.3, -0.25) is 19.3 Å². The second-order valence-corrected chi connectivity index (χ2v) is 5.88. The van der Waals surface area contributed by atoms with Crippen molar-refractivity contribution in [2.24, 2.45) is 0 Å². The minimum atomic E-state index is -0.326. The zero-order valence-electron chi connectivity index (χ0n) is 11.9. The Morgan fingerprint density at radius 1 is 1.45 bits per heavy atom. The fraction of sp³-hybridized carbons (Fsp3) is 0.286. The molecule has 3 amide bonds. The van der Waals surface area contributed by atoms with Crippen LogP contribution in [0.25, 0.3) is 5.65 Å². The Labute approximate surface area is 130 Å². The van der Waals surface area contributed by atoms with Crippen LogP contribution < -0.4 is 5.32 Å². The highest BCUT2D eigenvalue weighted by Gasteiger charge is 2.29. The average molecular weight is 318 g/mol. The Kier molecular flexibility index (Phi) is 3.84. The SMILES string of the molecule is Cc1ccn2cc(C(=O)NCCN3C(=O)CSC3=O)nc2c1. The van der Waals surface area contributed by atoms with Gasteiger partial charge in [-0.05, 0) is 24.6 Å². The van der Waals surface area contributed by atoms with E-state index in [1.165, 1.54) is 0 Å². The first kappa shape index (κ1) is 14.6. The molecule has 8 heteroatoms. The summed E-state index contributed by atoms with van der Waals surface area (Å²) in [4.78, 5) is 40.3. The molecule has 22 heavy (non-hydrogen) atoms.